The van der Waals surface area contributed by atoms with Crippen molar-refractivity contribution in [2.75, 3.05) is 11.9 Å². The molecule has 0 bridgehead atoms. The van der Waals surface area contributed by atoms with E-state index >= 15 is 0 Å². The first-order valence-corrected chi connectivity index (χ1v) is 7.22. The highest BCUT2D eigenvalue weighted by Gasteiger charge is 2.17. The zero-order valence-corrected chi connectivity index (χ0v) is 13.1. The zero-order chi connectivity index (χ0) is 17.8. The summed E-state index contributed by atoms with van der Waals surface area (Å²) < 4.78 is 6.32. The number of nitriles is 1. The molecule has 2 heterocycles. The number of fused-ring (bicyclic) bond motifs is 1. The summed E-state index contributed by atoms with van der Waals surface area (Å²) >= 11 is 0. The van der Waals surface area contributed by atoms with Gasteiger partial charge in [-0.3, -0.25) is 4.79 Å². The number of nitrogens with zero attached hydrogens (tertiary/aromatic N) is 5. The smallest absolute Gasteiger partial charge is 0.378 e. The SMILES string of the molecule is Cc1ccnc2nc(C(=O)OCC(=O)Nc3ccc(C#N)cc3)nn12. The van der Waals surface area contributed by atoms with E-state index in [2.05, 4.69) is 20.4 Å². The van der Waals surface area contributed by atoms with Gasteiger partial charge in [0, 0.05) is 17.6 Å². The Bertz CT molecular complexity index is 987. The Hall–Kier alpha value is -3.80. The second-order valence-electron chi connectivity index (χ2n) is 5.05. The summed E-state index contributed by atoms with van der Waals surface area (Å²) in [4.78, 5) is 31.7. The molecule has 0 saturated heterocycles. The summed E-state index contributed by atoms with van der Waals surface area (Å²) in [6.45, 7) is 1.31. The number of benzene rings is 1. The van der Waals surface area contributed by atoms with Crippen LogP contribution < -0.4 is 5.32 Å². The number of ether oxygens (including phenoxy) is 1. The molecule has 1 N–H and O–H groups in total. The van der Waals surface area contributed by atoms with Gasteiger partial charge in [-0.05, 0) is 37.3 Å². The van der Waals surface area contributed by atoms with Gasteiger partial charge in [-0.25, -0.2) is 14.3 Å². The first kappa shape index (κ1) is 16.1. The Balaban J connectivity index is 1.59. The highest BCUT2D eigenvalue weighted by molar-refractivity contribution is 5.94. The van der Waals surface area contributed by atoms with Crippen molar-refractivity contribution in [3.63, 3.8) is 0 Å². The number of aromatic nitrogens is 4. The van der Waals surface area contributed by atoms with Gasteiger partial charge in [-0.1, -0.05) is 0 Å². The topological polar surface area (TPSA) is 122 Å². The second-order valence-corrected chi connectivity index (χ2v) is 5.05. The number of hydrogen-bond donors (Lipinski definition) is 1. The van der Waals surface area contributed by atoms with E-state index < -0.39 is 18.5 Å². The molecule has 0 aliphatic carbocycles. The van der Waals surface area contributed by atoms with Crippen molar-refractivity contribution in [3.05, 3.63) is 53.6 Å². The second kappa shape index (κ2) is 6.76. The molecule has 0 saturated carbocycles. The Kier molecular flexibility index (Phi) is 4.34. The third-order valence-corrected chi connectivity index (χ3v) is 3.24. The van der Waals surface area contributed by atoms with Gasteiger partial charge in [0.05, 0.1) is 11.6 Å². The van der Waals surface area contributed by atoms with Gasteiger partial charge in [0.1, 0.15) is 0 Å². The first-order valence-electron chi connectivity index (χ1n) is 7.22. The summed E-state index contributed by atoms with van der Waals surface area (Å²) in [5.74, 6) is -1.24. The van der Waals surface area contributed by atoms with Crippen LogP contribution in [0.15, 0.2) is 36.5 Å². The van der Waals surface area contributed by atoms with Crippen LogP contribution in [-0.4, -0.2) is 38.1 Å². The molecule has 3 aromatic rings. The molecule has 0 aliphatic heterocycles. The molecule has 9 heteroatoms. The third-order valence-electron chi connectivity index (χ3n) is 3.24. The van der Waals surface area contributed by atoms with Gasteiger partial charge >= 0.3 is 5.97 Å². The standard InChI is InChI=1S/C16H12N6O3/c1-10-6-7-18-16-20-14(21-22(10)16)15(24)25-9-13(23)19-12-4-2-11(8-17)3-5-12/h2-7H,9H2,1H3,(H,19,23). The van der Waals surface area contributed by atoms with Gasteiger partial charge in [-0.2, -0.15) is 10.2 Å². The van der Waals surface area contributed by atoms with Crippen molar-refractivity contribution in [1.82, 2.24) is 19.6 Å². The number of aryl methyl sites for hydroxylation is 1. The van der Waals surface area contributed by atoms with Gasteiger partial charge < -0.3 is 10.1 Å². The van der Waals surface area contributed by atoms with Crippen LogP contribution in [0.25, 0.3) is 5.78 Å². The normalized spacial score (nSPS) is 10.2. The van der Waals surface area contributed by atoms with Crippen LogP contribution in [-0.2, 0) is 9.53 Å². The molecule has 1 aromatic carbocycles. The first-order chi connectivity index (χ1) is 12.1. The van der Waals surface area contributed by atoms with E-state index in [-0.39, 0.29) is 11.6 Å². The number of rotatable bonds is 4. The maximum Gasteiger partial charge on any atom is 0.378 e. The van der Waals surface area contributed by atoms with Crippen molar-refractivity contribution in [1.29, 1.82) is 5.26 Å². The molecule has 0 unspecified atom stereocenters. The van der Waals surface area contributed by atoms with Crippen LogP contribution in [0.4, 0.5) is 5.69 Å². The summed E-state index contributed by atoms with van der Waals surface area (Å²) in [6.07, 6.45) is 1.56. The van der Waals surface area contributed by atoms with E-state index in [9.17, 15) is 9.59 Å². The summed E-state index contributed by atoms with van der Waals surface area (Å²) in [5.41, 5.74) is 1.73. The van der Waals surface area contributed by atoms with E-state index in [4.69, 9.17) is 10.00 Å². The van der Waals surface area contributed by atoms with E-state index in [1.807, 2.05) is 6.07 Å². The van der Waals surface area contributed by atoms with Crippen LogP contribution >= 0.6 is 0 Å². The fourth-order valence-corrected chi connectivity index (χ4v) is 2.01. The van der Waals surface area contributed by atoms with Gasteiger partial charge in [0.15, 0.2) is 6.61 Å². The minimum Gasteiger partial charge on any atom is -0.450 e. The van der Waals surface area contributed by atoms with Crippen LogP contribution in [0.3, 0.4) is 0 Å². The Morgan fingerprint density at radius 3 is 2.72 bits per heavy atom. The van der Waals surface area contributed by atoms with Crippen molar-refractivity contribution < 1.29 is 14.3 Å². The van der Waals surface area contributed by atoms with Crippen molar-refractivity contribution in [2.24, 2.45) is 0 Å². The zero-order valence-electron chi connectivity index (χ0n) is 13.1. The molecule has 0 fully saturated rings. The Morgan fingerprint density at radius 2 is 2.04 bits per heavy atom. The number of nitrogens with one attached hydrogen (secondary N) is 1. The predicted molar refractivity (Wildman–Crippen MR) is 85.6 cm³/mol. The largest absolute Gasteiger partial charge is 0.450 e. The summed E-state index contributed by atoms with van der Waals surface area (Å²) in [5, 5.41) is 15.3. The lowest BCUT2D eigenvalue weighted by Gasteiger charge is -2.05. The fraction of sp³-hybridized carbons (Fsp3) is 0.125. The molecule has 3 rings (SSSR count). The molecule has 25 heavy (non-hydrogen) atoms. The van der Waals surface area contributed by atoms with E-state index in [0.29, 0.717) is 11.3 Å². The Labute approximate surface area is 141 Å². The molecule has 0 atom stereocenters. The van der Waals surface area contributed by atoms with Crippen LogP contribution in [0.5, 0.6) is 0 Å². The maximum absolute atomic E-state index is 12.0. The minimum absolute atomic E-state index is 0.173. The highest BCUT2D eigenvalue weighted by atomic mass is 16.5. The molecule has 2 aromatic heterocycles. The van der Waals surface area contributed by atoms with Crippen molar-refractivity contribution in [2.45, 2.75) is 6.92 Å². The average molecular weight is 336 g/mol. The third kappa shape index (κ3) is 3.59. The summed E-state index contributed by atoms with van der Waals surface area (Å²) in [7, 11) is 0. The maximum atomic E-state index is 12.0. The molecule has 124 valence electrons. The molecule has 9 nitrogen and oxygen atoms in total. The lowest BCUT2D eigenvalue weighted by Crippen LogP contribution is -2.21. The highest BCUT2D eigenvalue weighted by Crippen LogP contribution is 2.09. The number of anilines is 1. The average Bonchev–Trinajstić information content (AvgIpc) is 3.06. The van der Waals surface area contributed by atoms with Crippen molar-refractivity contribution >= 4 is 23.3 Å². The quantitative estimate of drug-likeness (QED) is 0.708. The van der Waals surface area contributed by atoms with E-state index in [1.54, 1.807) is 43.5 Å². The van der Waals surface area contributed by atoms with Crippen LogP contribution in [0.1, 0.15) is 21.9 Å². The molecule has 1 amide bonds. The molecule has 0 aliphatic rings. The van der Waals surface area contributed by atoms with Crippen LogP contribution in [0, 0.1) is 18.3 Å². The van der Waals surface area contributed by atoms with E-state index in [1.165, 1.54) is 4.52 Å². The Morgan fingerprint density at radius 1 is 1.28 bits per heavy atom. The van der Waals surface area contributed by atoms with Crippen LogP contribution in [0.2, 0.25) is 0 Å². The lowest BCUT2D eigenvalue weighted by atomic mass is 10.2. The number of carbonyl (C=O) groups excluding carboxylic acids is 2. The van der Waals surface area contributed by atoms with Gasteiger partial charge in [0.2, 0.25) is 0 Å². The monoisotopic (exact) mass is 336 g/mol. The summed E-state index contributed by atoms with van der Waals surface area (Å²) in [6, 6.07) is 10.00. The number of hydrogen-bond acceptors (Lipinski definition) is 7. The van der Waals surface area contributed by atoms with Gasteiger partial charge in [-0.15, -0.1) is 5.10 Å². The van der Waals surface area contributed by atoms with Gasteiger partial charge in [0.25, 0.3) is 17.5 Å². The molecular weight excluding hydrogens is 324 g/mol. The molecule has 0 spiro atoms. The number of esters is 1. The molecular formula is C16H12N6O3. The fourth-order valence-electron chi connectivity index (χ4n) is 2.01. The van der Waals surface area contributed by atoms with Crippen molar-refractivity contribution in [3.8, 4) is 6.07 Å². The number of carbonyl (C=O) groups is 2. The molecule has 0 radical (unpaired) electrons. The lowest BCUT2D eigenvalue weighted by molar-refractivity contribution is -0.119. The number of amides is 1. The predicted octanol–water partition coefficient (Wildman–Crippen LogP) is 1.10. The van der Waals surface area contributed by atoms with E-state index in [0.717, 1.165) is 5.69 Å². The minimum atomic E-state index is -0.820.